The first-order valence-electron chi connectivity index (χ1n) is 7.36. The third kappa shape index (κ3) is 7.10. The number of unbranched alkanes of at least 4 members (excludes halogenated alkanes) is 2. The molecule has 1 aromatic carbocycles. The first-order valence-corrected chi connectivity index (χ1v) is 7.36. The molecule has 0 heterocycles. The number of carbonyl (C=O) groups is 1. The fraction of sp³-hybridized carbons (Fsp3) is 0.471. The Bertz CT molecular complexity index is 398. The van der Waals surface area contributed by atoms with Crippen molar-refractivity contribution in [3.8, 4) is 0 Å². The first-order chi connectivity index (χ1) is 9.76. The normalized spacial score (nSPS) is 12.5. The summed E-state index contributed by atoms with van der Waals surface area (Å²) in [6.07, 6.45) is 8.33. The molecule has 110 valence electrons. The fourth-order valence-electron chi connectivity index (χ4n) is 1.81. The maximum atomic E-state index is 11.5. The Hall–Kier alpha value is -1.61. The molecule has 3 heteroatoms. The highest BCUT2D eigenvalue weighted by molar-refractivity contribution is 5.86. The van der Waals surface area contributed by atoms with Gasteiger partial charge in [0.2, 0.25) is 0 Å². The molecule has 0 aliphatic carbocycles. The lowest BCUT2D eigenvalue weighted by Crippen LogP contribution is -2.14. The van der Waals surface area contributed by atoms with Crippen molar-refractivity contribution < 1.29 is 14.6 Å². The minimum Gasteiger partial charge on any atom is -0.293 e. The number of rotatable bonds is 9. The topological polar surface area (TPSA) is 35.5 Å². The van der Waals surface area contributed by atoms with Crippen LogP contribution in [0.3, 0.4) is 0 Å². The van der Waals surface area contributed by atoms with Crippen molar-refractivity contribution in [3.63, 3.8) is 0 Å². The van der Waals surface area contributed by atoms with Crippen molar-refractivity contribution in [2.45, 2.75) is 52.1 Å². The molecule has 0 fully saturated rings. The average Bonchev–Trinajstić information content (AvgIpc) is 2.49. The predicted molar refractivity (Wildman–Crippen MR) is 80.9 cm³/mol. The molecular weight excluding hydrogens is 252 g/mol. The molecule has 1 atom stereocenters. The van der Waals surface area contributed by atoms with Crippen molar-refractivity contribution >= 4 is 12.0 Å². The Morgan fingerprint density at radius 1 is 1.20 bits per heavy atom. The van der Waals surface area contributed by atoms with Crippen LogP contribution in [-0.4, -0.2) is 12.1 Å². The van der Waals surface area contributed by atoms with E-state index in [0.717, 1.165) is 24.8 Å². The fourth-order valence-corrected chi connectivity index (χ4v) is 1.81. The van der Waals surface area contributed by atoms with Crippen LogP contribution in [0, 0.1) is 0 Å². The van der Waals surface area contributed by atoms with E-state index in [0.29, 0.717) is 0 Å². The zero-order valence-electron chi connectivity index (χ0n) is 12.4. The quantitative estimate of drug-likeness (QED) is 0.287. The van der Waals surface area contributed by atoms with Crippen molar-refractivity contribution in [2.75, 3.05) is 0 Å². The van der Waals surface area contributed by atoms with Gasteiger partial charge in [-0.3, -0.25) is 4.89 Å². The van der Waals surface area contributed by atoms with Crippen LogP contribution in [0.5, 0.6) is 0 Å². The number of hydrogen-bond acceptors (Lipinski definition) is 3. The molecule has 3 nitrogen and oxygen atoms in total. The monoisotopic (exact) mass is 276 g/mol. The van der Waals surface area contributed by atoms with Crippen LogP contribution in [0.1, 0.15) is 51.5 Å². The molecule has 0 aliphatic heterocycles. The summed E-state index contributed by atoms with van der Waals surface area (Å²) in [6, 6.07) is 9.61. The molecule has 0 saturated heterocycles. The number of benzene rings is 1. The minimum atomic E-state index is -0.470. The third-order valence-corrected chi connectivity index (χ3v) is 3.06. The van der Waals surface area contributed by atoms with Gasteiger partial charge in [0.25, 0.3) is 0 Å². The Kier molecular flexibility index (Phi) is 8.40. The number of carbonyl (C=O) groups excluding carboxylic acids is 1. The summed E-state index contributed by atoms with van der Waals surface area (Å²) in [4.78, 5) is 21.5. The van der Waals surface area contributed by atoms with Crippen LogP contribution in [0.15, 0.2) is 36.4 Å². The van der Waals surface area contributed by atoms with Gasteiger partial charge < -0.3 is 0 Å². The van der Waals surface area contributed by atoms with Gasteiger partial charge in [-0.25, -0.2) is 4.79 Å². The third-order valence-electron chi connectivity index (χ3n) is 3.06. The van der Waals surface area contributed by atoms with Gasteiger partial charge in [0, 0.05) is 6.08 Å². The van der Waals surface area contributed by atoms with E-state index in [-0.39, 0.29) is 6.10 Å². The van der Waals surface area contributed by atoms with Gasteiger partial charge in [0.05, 0.1) is 0 Å². The molecule has 0 bridgehead atoms. The minimum absolute atomic E-state index is 0.00405. The lowest BCUT2D eigenvalue weighted by atomic mass is 10.1. The van der Waals surface area contributed by atoms with E-state index in [1.165, 1.54) is 18.9 Å². The maximum absolute atomic E-state index is 11.5. The molecule has 0 amide bonds. The van der Waals surface area contributed by atoms with Gasteiger partial charge in [0.15, 0.2) is 0 Å². The second-order valence-corrected chi connectivity index (χ2v) is 4.77. The molecule has 0 radical (unpaired) electrons. The molecule has 0 saturated carbocycles. The Morgan fingerprint density at radius 2 is 1.95 bits per heavy atom. The maximum Gasteiger partial charge on any atom is 0.365 e. The zero-order valence-corrected chi connectivity index (χ0v) is 12.4. The van der Waals surface area contributed by atoms with Crippen LogP contribution in [0.2, 0.25) is 0 Å². The van der Waals surface area contributed by atoms with E-state index in [1.807, 2.05) is 37.3 Å². The van der Waals surface area contributed by atoms with E-state index in [9.17, 15) is 4.79 Å². The van der Waals surface area contributed by atoms with Crippen LogP contribution in [0.4, 0.5) is 0 Å². The van der Waals surface area contributed by atoms with Gasteiger partial charge in [-0.05, 0) is 24.5 Å². The Labute approximate surface area is 121 Å². The van der Waals surface area contributed by atoms with Crippen molar-refractivity contribution in [3.05, 3.63) is 42.0 Å². The van der Waals surface area contributed by atoms with Crippen LogP contribution < -0.4 is 0 Å². The van der Waals surface area contributed by atoms with E-state index in [1.54, 1.807) is 6.08 Å². The molecule has 20 heavy (non-hydrogen) atoms. The summed E-state index contributed by atoms with van der Waals surface area (Å²) in [6.45, 7) is 4.19. The standard InChI is InChI=1S/C17H24O3/c1-3-5-7-12-16(4-2)19-20-17(18)14-13-15-10-8-6-9-11-15/h6,8-11,13-14,16H,3-5,7,12H2,1-2H3. The second kappa shape index (κ2) is 10.2. The predicted octanol–water partition coefficient (Wildman–Crippen LogP) is 4.53. The zero-order chi connectivity index (χ0) is 14.6. The van der Waals surface area contributed by atoms with E-state index in [2.05, 4.69) is 6.92 Å². The van der Waals surface area contributed by atoms with Crippen LogP contribution >= 0.6 is 0 Å². The van der Waals surface area contributed by atoms with Gasteiger partial charge in [-0.1, -0.05) is 63.4 Å². The second-order valence-electron chi connectivity index (χ2n) is 4.77. The summed E-state index contributed by atoms with van der Waals surface area (Å²) in [5, 5.41) is 0. The molecular formula is C17H24O3. The smallest absolute Gasteiger partial charge is 0.293 e. The molecule has 1 aromatic rings. The lowest BCUT2D eigenvalue weighted by Gasteiger charge is -2.12. The van der Waals surface area contributed by atoms with Gasteiger partial charge in [0.1, 0.15) is 6.10 Å². The summed E-state index contributed by atoms with van der Waals surface area (Å²) in [7, 11) is 0. The molecule has 1 unspecified atom stereocenters. The molecule has 1 rings (SSSR count). The highest BCUT2D eigenvalue weighted by Gasteiger charge is 2.09. The van der Waals surface area contributed by atoms with E-state index >= 15 is 0 Å². The number of hydrogen-bond donors (Lipinski definition) is 0. The van der Waals surface area contributed by atoms with Crippen LogP contribution in [-0.2, 0) is 14.6 Å². The Morgan fingerprint density at radius 3 is 2.60 bits per heavy atom. The largest absolute Gasteiger partial charge is 0.365 e. The average molecular weight is 276 g/mol. The molecule has 0 aromatic heterocycles. The van der Waals surface area contributed by atoms with Gasteiger partial charge in [-0.15, -0.1) is 0 Å². The molecule has 0 aliphatic rings. The summed E-state index contributed by atoms with van der Waals surface area (Å²) >= 11 is 0. The summed E-state index contributed by atoms with van der Waals surface area (Å²) in [5.74, 6) is -0.470. The lowest BCUT2D eigenvalue weighted by molar-refractivity contribution is -0.295. The van der Waals surface area contributed by atoms with Crippen molar-refractivity contribution in [1.29, 1.82) is 0 Å². The van der Waals surface area contributed by atoms with Gasteiger partial charge in [-0.2, -0.15) is 4.89 Å². The van der Waals surface area contributed by atoms with Gasteiger partial charge >= 0.3 is 5.97 Å². The van der Waals surface area contributed by atoms with E-state index < -0.39 is 5.97 Å². The summed E-state index contributed by atoms with van der Waals surface area (Å²) < 4.78 is 0. The Balaban J connectivity index is 2.29. The summed E-state index contributed by atoms with van der Waals surface area (Å²) in [5.41, 5.74) is 0.958. The highest BCUT2D eigenvalue weighted by Crippen LogP contribution is 2.10. The van der Waals surface area contributed by atoms with Crippen LogP contribution in [0.25, 0.3) is 6.08 Å². The van der Waals surface area contributed by atoms with E-state index in [4.69, 9.17) is 9.78 Å². The molecule has 0 spiro atoms. The first kappa shape index (κ1) is 16.4. The SMILES string of the molecule is CCCCCC(CC)OOC(=O)C=Cc1ccccc1. The molecule has 0 N–H and O–H groups in total. The van der Waals surface area contributed by atoms with Crippen molar-refractivity contribution in [1.82, 2.24) is 0 Å². The highest BCUT2D eigenvalue weighted by atomic mass is 17.2. The van der Waals surface area contributed by atoms with Crippen molar-refractivity contribution in [2.24, 2.45) is 0 Å².